The summed E-state index contributed by atoms with van der Waals surface area (Å²) in [5, 5.41) is 4.83. The van der Waals surface area contributed by atoms with Crippen molar-refractivity contribution in [2.24, 2.45) is 0 Å². The molecule has 1 saturated heterocycles. The maximum atomic E-state index is 13.7. The van der Waals surface area contributed by atoms with Crippen LogP contribution in [0.4, 0.5) is 14.5 Å². The van der Waals surface area contributed by atoms with Gasteiger partial charge < -0.3 is 15.5 Å². The maximum absolute atomic E-state index is 13.7. The Bertz CT molecular complexity index is 897. The maximum Gasteiger partial charge on any atom is 0.313 e. The van der Waals surface area contributed by atoms with E-state index in [1.54, 1.807) is 0 Å². The number of likely N-dealkylation sites (N-methyl/N-ethyl adjacent to an activating group) is 1. The third-order valence-electron chi connectivity index (χ3n) is 5.28. The average Bonchev–Trinajstić information content (AvgIpc) is 2.72. The fraction of sp³-hybridized carbons (Fsp3) is 0.364. The van der Waals surface area contributed by atoms with Crippen molar-refractivity contribution in [2.75, 3.05) is 45.1 Å². The number of hydrogen-bond acceptors (Lipinski definition) is 4. The van der Waals surface area contributed by atoms with E-state index < -0.39 is 23.4 Å². The van der Waals surface area contributed by atoms with Crippen LogP contribution in [-0.4, -0.2) is 61.4 Å². The monoisotopic (exact) mass is 416 g/mol. The van der Waals surface area contributed by atoms with Crippen molar-refractivity contribution in [2.45, 2.75) is 13.0 Å². The molecule has 2 aromatic rings. The summed E-state index contributed by atoms with van der Waals surface area (Å²) in [6, 6.07) is 10.7. The zero-order chi connectivity index (χ0) is 21.7. The molecule has 0 saturated carbocycles. The topological polar surface area (TPSA) is 64.7 Å². The number of halogens is 2. The van der Waals surface area contributed by atoms with Crippen LogP contribution in [0.3, 0.4) is 0 Å². The van der Waals surface area contributed by atoms with Crippen LogP contribution < -0.4 is 10.6 Å². The van der Waals surface area contributed by atoms with Gasteiger partial charge in [-0.05, 0) is 31.7 Å². The lowest BCUT2D eigenvalue weighted by atomic mass is 10.0. The molecule has 1 fully saturated rings. The average molecular weight is 416 g/mol. The van der Waals surface area contributed by atoms with Gasteiger partial charge in [0.2, 0.25) is 0 Å². The molecule has 1 aliphatic heterocycles. The smallest absolute Gasteiger partial charge is 0.313 e. The molecule has 160 valence electrons. The number of carbonyl (C=O) groups is 2. The fourth-order valence-electron chi connectivity index (χ4n) is 3.42. The largest absolute Gasteiger partial charge is 0.346 e. The molecule has 0 aliphatic carbocycles. The molecule has 6 nitrogen and oxygen atoms in total. The highest BCUT2D eigenvalue weighted by Crippen LogP contribution is 2.22. The predicted octanol–water partition coefficient (Wildman–Crippen LogP) is 2.32. The molecule has 3 rings (SSSR count). The van der Waals surface area contributed by atoms with E-state index in [9.17, 15) is 18.4 Å². The number of nitrogens with zero attached hydrogens (tertiary/aromatic N) is 2. The lowest BCUT2D eigenvalue weighted by molar-refractivity contribution is -0.136. The van der Waals surface area contributed by atoms with Crippen molar-refractivity contribution >= 4 is 17.5 Å². The standard InChI is InChI=1S/C22H26F2N4O2/c1-15-3-5-16(6-4-15)20(28-11-9-27(2)10-12-28)14-25-21(29)22(30)26-19-8-7-17(23)13-18(19)24/h3-8,13,20H,9-12,14H2,1-2H3,(H,25,29)(H,26,30). The van der Waals surface area contributed by atoms with E-state index in [1.807, 2.05) is 31.2 Å². The zero-order valence-corrected chi connectivity index (χ0v) is 17.1. The van der Waals surface area contributed by atoms with Crippen molar-refractivity contribution in [3.63, 3.8) is 0 Å². The van der Waals surface area contributed by atoms with Gasteiger partial charge in [-0.2, -0.15) is 0 Å². The Kier molecular flexibility index (Phi) is 7.12. The minimum atomic E-state index is -0.999. The van der Waals surface area contributed by atoms with E-state index in [0.717, 1.165) is 49.4 Å². The first-order valence-electron chi connectivity index (χ1n) is 9.87. The molecule has 0 bridgehead atoms. The normalized spacial score (nSPS) is 16.1. The molecule has 1 atom stereocenters. The molecule has 30 heavy (non-hydrogen) atoms. The van der Waals surface area contributed by atoms with Crippen molar-refractivity contribution in [3.8, 4) is 0 Å². The second-order valence-corrected chi connectivity index (χ2v) is 7.55. The Hall–Kier alpha value is -2.84. The second-order valence-electron chi connectivity index (χ2n) is 7.55. The minimum Gasteiger partial charge on any atom is -0.346 e. The molecule has 2 N–H and O–H groups in total. The number of aryl methyl sites for hydroxylation is 1. The fourth-order valence-corrected chi connectivity index (χ4v) is 3.42. The third-order valence-corrected chi connectivity index (χ3v) is 5.28. The van der Waals surface area contributed by atoms with Gasteiger partial charge in [0, 0.05) is 38.8 Å². The van der Waals surface area contributed by atoms with Crippen LogP contribution >= 0.6 is 0 Å². The summed E-state index contributed by atoms with van der Waals surface area (Å²) in [6.45, 7) is 5.78. The third kappa shape index (κ3) is 5.61. The number of rotatable bonds is 5. The van der Waals surface area contributed by atoms with E-state index in [4.69, 9.17) is 0 Å². The number of piperazine rings is 1. The summed E-state index contributed by atoms with van der Waals surface area (Å²) in [5.74, 6) is -3.57. The summed E-state index contributed by atoms with van der Waals surface area (Å²) in [6.07, 6.45) is 0. The van der Waals surface area contributed by atoms with E-state index >= 15 is 0 Å². The molecule has 1 unspecified atom stereocenters. The summed E-state index contributed by atoms with van der Waals surface area (Å²) in [7, 11) is 2.07. The highest BCUT2D eigenvalue weighted by molar-refractivity contribution is 6.39. The van der Waals surface area contributed by atoms with Gasteiger partial charge in [-0.15, -0.1) is 0 Å². The van der Waals surface area contributed by atoms with Crippen LogP contribution in [0.2, 0.25) is 0 Å². The summed E-state index contributed by atoms with van der Waals surface area (Å²) >= 11 is 0. The number of anilines is 1. The van der Waals surface area contributed by atoms with Crippen LogP contribution in [0.25, 0.3) is 0 Å². The first-order chi connectivity index (χ1) is 14.3. The van der Waals surface area contributed by atoms with Gasteiger partial charge in [0.25, 0.3) is 0 Å². The van der Waals surface area contributed by atoms with Gasteiger partial charge in [-0.3, -0.25) is 14.5 Å². The van der Waals surface area contributed by atoms with Gasteiger partial charge in [0.05, 0.1) is 11.7 Å². The quantitative estimate of drug-likeness (QED) is 0.735. The Morgan fingerprint density at radius 3 is 2.30 bits per heavy atom. The van der Waals surface area contributed by atoms with Gasteiger partial charge in [0.1, 0.15) is 11.6 Å². The van der Waals surface area contributed by atoms with Gasteiger partial charge in [-0.25, -0.2) is 8.78 Å². The van der Waals surface area contributed by atoms with E-state index in [1.165, 1.54) is 0 Å². The minimum absolute atomic E-state index is 0.0846. The lowest BCUT2D eigenvalue weighted by Gasteiger charge is -2.38. The number of hydrogen-bond donors (Lipinski definition) is 2. The zero-order valence-electron chi connectivity index (χ0n) is 17.1. The predicted molar refractivity (Wildman–Crippen MR) is 111 cm³/mol. The molecule has 0 spiro atoms. The molecule has 2 aromatic carbocycles. The van der Waals surface area contributed by atoms with Crippen molar-refractivity contribution in [1.82, 2.24) is 15.1 Å². The number of amides is 2. The van der Waals surface area contributed by atoms with E-state index in [-0.39, 0.29) is 18.3 Å². The first-order valence-corrected chi connectivity index (χ1v) is 9.87. The van der Waals surface area contributed by atoms with Gasteiger partial charge in [-0.1, -0.05) is 29.8 Å². The molecule has 0 aromatic heterocycles. The summed E-state index contributed by atoms with van der Waals surface area (Å²) in [5.41, 5.74) is 1.95. The molecule has 1 aliphatic rings. The van der Waals surface area contributed by atoms with Crippen LogP contribution in [0.5, 0.6) is 0 Å². The summed E-state index contributed by atoms with van der Waals surface area (Å²) < 4.78 is 26.7. The summed E-state index contributed by atoms with van der Waals surface area (Å²) in [4.78, 5) is 29.0. The van der Waals surface area contributed by atoms with Crippen LogP contribution in [0, 0.1) is 18.6 Å². The highest BCUT2D eigenvalue weighted by atomic mass is 19.1. The Labute approximate surface area is 174 Å². The van der Waals surface area contributed by atoms with Crippen molar-refractivity contribution < 1.29 is 18.4 Å². The van der Waals surface area contributed by atoms with Crippen molar-refractivity contribution in [3.05, 3.63) is 65.2 Å². The Balaban J connectivity index is 1.65. The molecule has 2 amide bonds. The molecule has 1 heterocycles. The molecule has 0 radical (unpaired) electrons. The van der Waals surface area contributed by atoms with Crippen LogP contribution in [0.15, 0.2) is 42.5 Å². The SMILES string of the molecule is Cc1ccc(C(CNC(=O)C(=O)Nc2ccc(F)cc2F)N2CCN(C)CC2)cc1. The number of carbonyl (C=O) groups excluding carboxylic acids is 2. The highest BCUT2D eigenvalue weighted by Gasteiger charge is 2.25. The van der Waals surface area contributed by atoms with Gasteiger partial charge in [0.15, 0.2) is 0 Å². The van der Waals surface area contributed by atoms with Gasteiger partial charge >= 0.3 is 11.8 Å². The number of nitrogens with one attached hydrogen (secondary N) is 2. The second kappa shape index (κ2) is 9.77. The molecular formula is C22H26F2N4O2. The Morgan fingerprint density at radius 2 is 1.67 bits per heavy atom. The first kappa shape index (κ1) is 21.9. The van der Waals surface area contributed by atoms with Crippen molar-refractivity contribution in [1.29, 1.82) is 0 Å². The van der Waals surface area contributed by atoms with E-state index in [0.29, 0.717) is 6.07 Å². The lowest BCUT2D eigenvalue weighted by Crippen LogP contribution is -2.49. The van der Waals surface area contributed by atoms with Crippen LogP contribution in [-0.2, 0) is 9.59 Å². The van der Waals surface area contributed by atoms with Crippen LogP contribution in [0.1, 0.15) is 17.2 Å². The van der Waals surface area contributed by atoms with E-state index in [2.05, 4.69) is 27.5 Å². The molecule has 8 heteroatoms. The molecular weight excluding hydrogens is 390 g/mol. The Morgan fingerprint density at radius 1 is 1.00 bits per heavy atom. The number of benzene rings is 2.